The molecule has 0 bridgehead atoms. The van der Waals surface area contributed by atoms with Crippen LogP contribution in [0.2, 0.25) is 0 Å². The van der Waals surface area contributed by atoms with Gasteiger partial charge in [0.15, 0.2) is 11.5 Å². The molecule has 1 saturated heterocycles. The molecule has 118 valence electrons. The normalized spacial score (nSPS) is 21.1. The summed E-state index contributed by atoms with van der Waals surface area (Å²) in [5.41, 5.74) is 7.15. The number of morpholine rings is 1. The summed E-state index contributed by atoms with van der Waals surface area (Å²) >= 11 is 3.63. The Morgan fingerprint density at radius 1 is 1.38 bits per heavy atom. The van der Waals surface area contributed by atoms with Gasteiger partial charge in [-0.3, -0.25) is 4.90 Å². The number of ether oxygens (including phenoxy) is 3. The van der Waals surface area contributed by atoms with Crippen molar-refractivity contribution in [2.24, 2.45) is 5.73 Å². The molecule has 2 unspecified atom stereocenters. The molecule has 2 atom stereocenters. The number of halogens is 1. The van der Waals surface area contributed by atoms with Gasteiger partial charge in [-0.25, -0.2) is 0 Å². The van der Waals surface area contributed by atoms with Crippen molar-refractivity contribution >= 4 is 15.9 Å². The van der Waals surface area contributed by atoms with Gasteiger partial charge in [-0.05, 0) is 24.6 Å². The molecule has 0 aliphatic carbocycles. The van der Waals surface area contributed by atoms with Crippen LogP contribution in [0.4, 0.5) is 0 Å². The molecule has 0 radical (unpaired) electrons. The molecule has 0 aromatic heterocycles. The topological polar surface area (TPSA) is 57.0 Å². The van der Waals surface area contributed by atoms with Crippen LogP contribution in [0.25, 0.3) is 0 Å². The molecule has 1 aliphatic heterocycles. The monoisotopic (exact) mass is 358 g/mol. The second-order valence-corrected chi connectivity index (χ2v) is 6.01. The second-order valence-electron chi connectivity index (χ2n) is 5.16. The zero-order valence-electron chi connectivity index (χ0n) is 12.8. The van der Waals surface area contributed by atoms with Crippen LogP contribution in [0.1, 0.15) is 18.5 Å². The summed E-state index contributed by atoms with van der Waals surface area (Å²) in [5, 5.41) is 0. The van der Waals surface area contributed by atoms with E-state index in [-0.39, 0.29) is 12.1 Å². The number of hydrogen-bond donors (Lipinski definition) is 1. The first-order valence-corrected chi connectivity index (χ1v) is 7.87. The summed E-state index contributed by atoms with van der Waals surface area (Å²) in [4.78, 5) is 2.36. The van der Waals surface area contributed by atoms with E-state index in [2.05, 4.69) is 27.8 Å². The van der Waals surface area contributed by atoms with Crippen LogP contribution in [0.3, 0.4) is 0 Å². The highest BCUT2D eigenvalue weighted by molar-refractivity contribution is 9.10. The van der Waals surface area contributed by atoms with Crippen molar-refractivity contribution in [1.29, 1.82) is 0 Å². The molecule has 0 spiro atoms. The number of methoxy groups -OCH3 is 2. The molecule has 0 amide bonds. The van der Waals surface area contributed by atoms with Crippen molar-refractivity contribution in [2.45, 2.75) is 19.1 Å². The molecule has 1 aromatic carbocycles. The molecule has 0 saturated carbocycles. The van der Waals surface area contributed by atoms with Crippen LogP contribution in [0.15, 0.2) is 16.6 Å². The van der Waals surface area contributed by atoms with Gasteiger partial charge < -0.3 is 19.9 Å². The Balaban J connectivity index is 2.33. The van der Waals surface area contributed by atoms with Crippen molar-refractivity contribution in [1.82, 2.24) is 4.90 Å². The third-order valence-corrected chi connectivity index (χ3v) is 4.49. The van der Waals surface area contributed by atoms with E-state index < -0.39 is 0 Å². The third kappa shape index (κ3) is 3.69. The van der Waals surface area contributed by atoms with Crippen molar-refractivity contribution in [3.05, 3.63) is 22.2 Å². The largest absolute Gasteiger partial charge is 0.493 e. The first kappa shape index (κ1) is 16.5. The van der Waals surface area contributed by atoms with E-state index in [0.29, 0.717) is 12.3 Å². The zero-order chi connectivity index (χ0) is 15.4. The summed E-state index contributed by atoms with van der Waals surface area (Å²) in [6, 6.07) is 4.06. The predicted molar refractivity (Wildman–Crippen MR) is 86.0 cm³/mol. The Bertz CT molecular complexity index is 484. The summed E-state index contributed by atoms with van der Waals surface area (Å²) in [7, 11) is 3.28. The van der Waals surface area contributed by atoms with Gasteiger partial charge in [0.2, 0.25) is 0 Å². The maximum absolute atomic E-state index is 6.04. The molecule has 5 nitrogen and oxygen atoms in total. The van der Waals surface area contributed by atoms with Gasteiger partial charge in [-0.2, -0.15) is 0 Å². The van der Waals surface area contributed by atoms with Crippen molar-refractivity contribution < 1.29 is 14.2 Å². The molecule has 21 heavy (non-hydrogen) atoms. The Morgan fingerprint density at radius 3 is 2.62 bits per heavy atom. The average Bonchev–Trinajstić information content (AvgIpc) is 2.49. The minimum Gasteiger partial charge on any atom is -0.493 e. The SMILES string of the molecule is COc1cc(Br)c(C(CN)N2CCOC(C)C2)cc1OC. The Hall–Kier alpha value is -0.820. The van der Waals surface area contributed by atoms with Gasteiger partial charge in [0.25, 0.3) is 0 Å². The van der Waals surface area contributed by atoms with Crippen LogP contribution >= 0.6 is 15.9 Å². The summed E-state index contributed by atoms with van der Waals surface area (Å²) in [5.74, 6) is 1.43. The number of rotatable bonds is 5. The lowest BCUT2D eigenvalue weighted by Gasteiger charge is -2.37. The van der Waals surface area contributed by atoms with Gasteiger partial charge in [-0.1, -0.05) is 15.9 Å². The van der Waals surface area contributed by atoms with Gasteiger partial charge in [0, 0.05) is 30.1 Å². The average molecular weight is 359 g/mol. The van der Waals surface area contributed by atoms with E-state index >= 15 is 0 Å². The highest BCUT2D eigenvalue weighted by atomic mass is 79.9. The smallest absolute Gasteiger partial charge is 0.161 e. The fraction of sp³-hybridized carbons (Fsp3) is 0.600. The Morgan fingerprint density at radius 2 is 2.05 bits per heavy atom. The summed E-state index contributed by atoms with van der Waals surface area (Å²) in [6.45, 7) is 5.13. The third-order valence-electron chi connectivity index (χ3n) is 3.80. The quantitative estimate of drug-likeness (QED) is 0.874. The molecule has 2 N–H and O–H groups in total. The van der Waals surface area contributed by atoms with E-state index in [1.54, 1.807) is 14.2 Å². The number of nitrogens with two attached hydrogens (primary N) is 1. The zero-order valence-corrected chi connectivity index (χ0v) is 14.4. The number of nitrogens with zero attached hydrogens (tertiary/aromatic N) is 1. The molecule has 1 aliphatic rings. The first-order valence-electron chi connectivity index (χ1n) is 7.07. The molecule has 1 fully saturated rings. The standard InChI is InChI=1S/C15H23BrN2O3/c1-10-9-18(4-5-21-10)13(8-17)11-6-14(19-2)15(20-3)7-12(11)16/h6-7,10,13H,4-5,8-9,17H2,1-3H3. The van der Waals surface area contributed by atoms with E-state index in [1.165, 1.54) is 0 Å². The van der Waals surface area contributed by atoms with Crippen molar-refractivity contribution in [2.75, 3.05) is 40.5 Å². The van der Waals surface area contributed by atoms with Crippen LogP contribution in [-0.4, -0.2) is 51.5 Å². The van der Waals surface area contributed by atoms with Gasteiger partial charge >= 0.3 is 0 Å². The van der Waals surface area contributed by atoms with E-state index in [0.717, 1.165) is 35.5 Å². The predicted octanol–water partition coefficient (Wildman–Crippen LogP) is 2.19. The van der Waals surface area contributed by atoms with Crippen LogP contribution in [0, 0.1) is 0 Å². The lowest BCUT2D eigenvalue weighted by atomic mass is 10.0. The van der Waals surface area contributed by atoms with Crippen LogP contribution in [-0.2, 0) is 4.74 Å². The van der Waals surface area contributed by atoms with Gasteiger partial charge in [0.05, 0.1) is 26.9 Å². The fourth-order valence-electron chi connectivity index (χ4n) is 2.73. The van der Waals surface area contributed by atoms with Crippen molar-refractivity contribution in [3.8, 4) is 11.5 Å². The minimum absolute atomic E-state index is 0.130. The van der Waals surface area contributed by atoms with E-state index in [1.807, 2.05) is 12.1 Å². The molecule has 1 aromatic rings. The Labute approximate surface area is 134 Å². The minimum atomic E-state index is 0.130. The second kappa shape index (κ2) is 7.45. The maximum Gasteiger partial charge on any atom is 0.161 e. The maximum atomic E-state index is 6.04. The van der Waals surface area contributed by atoms with Crippen LogP contribution in [0.5, 0.6) is 11.5 Å². The molecular weight excluding hydrogens is 336 g/mol. The molecular formula is C15H23BrN2O3. The lowest BCUT2D eigenvalue weighted by Crippen LogP contribution is -2.45. The Kier molecular flexibility index (Phi) is 5.87. The van der Waals surface area contributed by atoms with E-state index in [4.69, 9.17) is 19.9 Å². The summed E-state index contributed by atoms with van der Waals surface area (Å²) < 4.78 is 17.3. The van der Waals surface area contributed by atoms with E-state index in [9.17, 15) is 0 Å². The molecule has 6 heteroatoms. The molecule has 2 rings (SSSR count). The molecule has 1 heterocycles. The number of benzene rings is 1. The van der Waals surface area contributed by atoms with Crippen molar-refractivity contribution in [3.63, 3.8) is 0 Å². The summed E-state index contributed by atoms with van der Waals surface area (Å²) in [6.07, 6.45) is 0.228. The fourth-order valence-corrected chi connectivity index (χ4v) is 3.31. The number of hydrogen-bond acceptors (Lipinski definition) is 5. The van der Waals surface area contributed by atoms with Gasteiger partial charge in [0.1, 0.15) is 0 Å². The lowest BCUT2D eigenvalue weighted by molar-refractivity contribution is -0.0334. The highest BCUT2D eigenvalue weighted by Crippen LogP contribution is 2.37. The van der Waals surface area contributed by atoms with Crippen LogP contribution < -0.4 is 15.2 Å². The highest BCUT2D eigenvalue weighted by Gasteiger charge is 2.27. The first-order chi connectivity index (χ1) is 10.1. The van der Waals surface area contributed by atoms with Gasteiger partial charge in [-0.15, -0.1) is 0 Å².